The number of nitrogens with zero attached hydrogens (tertiary/aromatic N) is 2. The van der Waals surface area contributed by atoms with Gasteiger partial charge in [0.25, 0.3) is 0 Å². The number of anilines is 1. The molecule has 2 rings (SSSR count). The highest BCUT2D eigenvalue weighted by Crippen LogP contribution is 2.17. The second-order valence-electron chi connectivity index (χ2n) is 6.41. The Morgan fingerprint density at radius 3 is 1.93 bits per heavy atom. The molecule has 11 heteroatoms. The fraction of sp³-hybridized carbons (Fsp3) is 0.500. The Kier molecular flexibility index (Phi) is 7.71. The van der Waals surface area contributed by atoms with Gasteiger partial charge in [-0.1, -0.05) is 0 Å². The first-order valence-corrected chi connectivity index (χ1v) is 10.6. The molecule has 29 heavy (non-hydrogen) atoms. The summed E-state index contributed by atoms with van der Waals surface area (Å²) in [5.41, 5.74) is 0.457. The maximum atomic E-state index is 12.4. The highest BCUT2D eigenvalue weighted by molar-refractivity contribution is 7.89. The molecule has 1 aliphatic rings. The molecule has 1 aliphatic heterocycles. The van der Waals surface area contributed by atoms with Crippen molar-refractivity contribution in [3.05, 3.63) is 29.3 Å². The van der Waals surface area contributed by atoms with Crippen molar-refractivity contribution >= 4 is 33.6 Å². The van der Waals surface area contributed by atoms with Gasteiger partial charge in [0.15, 0.2) is 0 Å². The largest absolute Gasteiger partial charge is 0.465 e. The number of sulfonamides is 1. The molecule has 1 amide bonds. The fourth-order valence-electron chi connectivity index (χ4n) is 2.92. The van der Waals surface area contributed by atoms with Crippen LogP contribution in [-0.2, 0) is 24.3 Å². The topological polar surface area (TPSA) is 122 Å². The summed E-state index contributed by atoms with van der Waals surface area (Å²) in [5.74, 6) is -1.61. The summed E-state index contributed by atoms with van der Waals surface area (Å²) in [7, 11) is -0.810. The molecule has 160 valence electrons. The van der Waals surface area contributed by atoms with Crippen LogP contribution < -0.4 is 5.32 Å². The van der Waals surface area contributed by atoms with Gasteiger partial charge in [0, 0.05) is 31.9 Å². The fourth-order valence-corrected chi connectivity index (χ4v) is 4.01. The first kappa shape index (κ1) is 22.8. The molecule has 0 atom stereocenters. The van der Waals surface area contributed by atoms with E-state index in [-0.39, 0.29) is 35.0 Å². The van der Waals surface area contributed by atoms with E-state index >= 15 is 0 Å². The SMILES string of the molecule is CCS(=O)(=O)N1CCN(CC(=O)Nc2cc(C(=O)OC)cc(C(=O)OC)c2)CC1. The van der Waals surface area contributed by atoms with Crippen LogP contribution in [0.25, 0.3) is 0 Å². The summed E-state index contributed by atoms with van der Waals surface area (Å²) >= 11 is 0. The second-order valence-corrected chi connectivity index (χ2v) is 8.66. The molecule has 1 aromatic carbocycles. The highest BCUT2D eigenvalue weighted by Gasteiger charge is 2.26. The summed E-state index contributed by atoms with van der Waals surface area (Å²) in [5, 5.41) is 2.65. The molecule has 1 fully saturated rings. The van der Waals surface area contributed by atoms with E-state index in [0.717, 1.165) is 0 Å². The molecule has 0 aromatic heterocycles. The van der Waals surface area contributed by atoms with Crippen LogP contribution in [0, 0.1) is 0 Å². The Balaban J connectivity index is 2.03. The number of rotatable bonds is 7. The third kappa shape index (κ3) is 5.99. The molecule has 1 aromatic rings. The van der Waals surface area contributed by atoms with Gasteiger partial charge >= 0.3 is 11.9 Å². The van der Waals surface area contributed by atoms with Gasteiger partial charge < -0.3 is 14.8 Å². The predicted octanol–water partition coefficient (Wildman–Crippen LogP) is 0.166. The number of amides is 1. The molecule has 0 bridgehead atoms. The molecule has 1 N–H and O–H groups in total. The lowest BCUT2D eigenvalue weighted by Crippen LogP contribution is -2.50. The molecule has 1 heterocycles. The van der Waals surface area contributed by atoms with E-state index in [1.54, 1.807) is 6.92 Å². The number of methoxy groups -OCH3 is 2. The van der Waals surface area contributed by atoms with E-state index in [9.17, 15) is 22.8 Å². The van der Waals surface area contributed by atoms with Gasteiger partial charge in [-0.25, -0.2) is 18.0 Å². The van der Waals surface area contributed by atoms with E-state index in [1.807, 2.05) is 4.90 Å². The zero-order chi connectivity index (χ0) is 21.6. The van der Waals surface area contributed by atoms with Gasteiger partial charge in [0.2, 0.25) is 15.9 Å². The summed E-state index contributed by atoms with van der Waals surface area (Å²) in [6, 6.07) is 4.13. The molecular weight excluding hydrogens is 402 g/mol. The van der Waals surface area contributed by atoms with Crippen molar-refractivity contribution in [2.45, 2.75) is 6.92 Å². The summed E-state index contributed by atoms with van der Waals surface area (Å²) in [6.45, 7) is 3.17. The molecule has 0 unspecified atom stereocenters. The Morgan fingerprint density at radius 2 is 1.48 bits per heavy atom. The average molecular weight is 427 g/mol. The van der Waals surface area contributed by atoms with Crippen molar-refractivity contribution in [3.63, 3.8) is 0 Å². The van der Waals surface area contributed by atoms with Gasteiger partial charge in [0.05, 0.1) is 37.6 Å². The lowest BCUT2D eigenvalue weighted by atomic mass is 10.1. The van der Waals surface area contributed by atoms with Crippen molar-refractivity contribution in [1.29, 1.82) is 0 Å². The van der Waals surface area contributed by atoms with E-state index in [2.05, 4.69) is 14.8 Å². The van der Waals surface area contributed by atoms with E-state index in [1.165, 1.54) is 36.7 Å². The first-order chi connectivity index (χ1) is 13.7. The Labute approximate surface area is 169 Å². The molecule has 1 saturated heterocycles. The monoisotopic (exact) mass is 427 g/mol. The lowest BCUT2D eigenvalue weighted by Gasteiger charge is -2.33. The summed E-state index contributed by atoms with van der Waals surface area (Å²) < 4.78 is 34.6. The van der Waals surface area contributed by atoms with Gasteiger partial charge in [-0.2, -0.15) is 4.31 Å². The summed E-state index contributed by atoms with van der Waals surface area (Å²) in [4.78, 5) is 37.9. The second kappa shape index (κ2) is 9.81. The number of piperazine rings is 1. The number of esters is 2. The number of ether oxygens (including phenoxy) is 2. The molecule has 0 aliphatic carbocycles. The molecule has 0 spiro atoms. The Hall–Kier alpha value is -2.50. The van der Waals surface area contributed by atoms with Gasteiger partial charge in [-0.3, -0.25) is 9.69 Å². The minimum atomic E-state index is -3.23. The van der Waals surface area contributed by atoms with E-state index in [4.69, 9.17) is 0 Å². The van der Waals surface area contributed by atoms with Crippen LogP contribution in [0.3, 0.4) is 0 Å². The van der Waals surface area contributed by atoms with Crippen LogP contribution in [0.15, 0.2) is 18.2 Å². The maximum Gasteiger partial charge on any atom is 0.337 e. The molecule has 10 nitrogen and oxygen atoms in total. The minimum absolute atomic E-state index is 0.0482. The highest BCUT2D eigenvalue weighted by atomic mass is 32.2. The predicted molar refractivity (Wildman–Crippen MR) is 105 cm³/mol. The smallest absolute Gasteiger partial charge is 0.337 e. The molecule has 0 radical (unpaired) electrons. The van der Waals surface area contributed by atoms with Gasteiger partial charge in [-0.15, -0.1) is 0 Å². The number of carbonyl (C=O) groups is 3. The van der Waals surface area contributed by atoms with Crippen molar-refractivity contribution < 1.29 is 32.3 Å². The van der Waals surface area contributed by atoms with Crippen molar-refractivity contribution in [2.75, 3.05) is 58.0 Å². The van der Waals surface area contributed by atoms with Gasteiger partial charge in [0.1, 0.15) is 0 Å². The lowest BCUT2D eigenvalue weighted by molar-refractivity contribution is -0.117. The Bertz CT molecular complexity index is 843. The molecule has 0 saturated carbocycles. The van der Waals surface area contributed by atoms with E-state index < -0.39 is 22.0 Å². The minimum Gasteiger partial charge on any atom is -0.465 e. The van der Waals surface area contributed by atoms with Crippen LogP contribution in [-0.4, -0.2) is 88.2 Å². The van der Waals surface area contributed by atoms with Crippen LogP contribution >= 0.6 is 0 Å². The van der Waals surface area contributed by atoms with Crippen LogP contribution in [0.5, 0.6) is 0 Å². The number of benzene rings is 1. The van der Waals surface area contributed by atoms with Crippen molar-refractivity contribution in [1.82, 2.24) is 9.21 Å². The zero-order valence-corrected chi connectivity index (χ0v) is 17.5. The maximum absolute atomic E-state index is 12.4. The summed E-state index contributed by atoms with van der Waals surface area (Å²) in [6.07, 6.45) is 0. The normalized spacial score (nSPS) is 15.6. The van der Waals surface area contributed by atoms with Crippen LogP contribution in [0.4, 0.5) is 5.69 Å². The number of nitrogens with one attached hydrogen (secondary N) is 1. The Morgan fingerprint density at radius 1 is 0.966 bits per heavy atom. The van der Waals surface area contributed by atoms with Crippen LogP contribution in [0.1, 0.15) is 27.6 Å². The average Bonchev–Trinajstić information content (AvgIpc) is 2.72. The zero-order valence-electron chi connectivity index (χ0n) is 16.6. The van der Waals surface area contributed by atoms with Gasteiger partial charge in [-0.05, 0) is 25.1 Å². The van der Waals surface area contributed by atoms with Crippen molar-refractivity contribution in [3.8, 4) is 0 Å². The van der Waals surface area contributed by atoms with Crippen molar-refractivity contribution in [2.24, 2.45) is 0 Å². The number of hydrogen-bond acceptors (Lipinski definition) is 8. The third-order valence-electron chi connectivity index (χ3n) is 4.52. The van der Waals surface area contributed by atoms with Crippen LogP contribution in [0.2, 0.25) is 0 Å². The number of carbonyl (C=O) groups excluding carboxylic acids is 3. The van der Waals surface area contributed by atoms with E-state index in [0.29, 0.717) is 26.2 Å². The first-order valence-electron chi connectivity index (χ1n) is 9.02. The quantitative estimate of drug-likeness (QED) is 0.611. The molecular formula is C18H25N3O7S. The third-order valence-corrected chi connectivity index (χ3v) is 6.40. The standard InChI is InChI=1S/C18H25N3O7S/c1-4-29(25,26)21-7-5-20(6-8-21)12-16(22)19-15-10-13(17(23)27-2)9-14(11-15)18(24)28-3/h9-11H,4-8,12H2,1-3H3,(H,19,22). The number of hydrogen-bond donors (Lipinski definition) is 1.